The summed E-state index contributed by atoms with van der Waals surface area (Å²) in [5.74, 6) is 0.130. The van der Waals surface area contributed by atoms with Crippen LogP contribution < -0.4 is 10.2 Å². The van der Waals surface area contributed by atoms with Gasteiger partial charge in [0.2, 0.25) is 11.9 Å². The maximum atomic E-state index is 13.8. The number of nitrogens with one attached hydrogen (secondary N) is 1. The summed E-state index contributed by atoms with van der Waals surface area (Å²) in [7, 11) is 1.69. The van der Waals surface area contributed by atoms with E-state index in [2.05, 4.69) is 15.3 Å². The van der Waals surface area contributed by atoms with Gasteiger partial charge in [0, 0.05) is 64.8 Å². The molecule has 1 saturated carbocycles. The van der Waals surface area contributed by atoms with Crippen molar-refractivity contribution in [1.82, 2.24) is 20.2 Å². The molecule has 0 unspecified atom stereocenters. The Bertz CT molecular complexity index is 913. The van der Waals surface area contributed by atoms with Crippen molar-refractivity contribution < 1.29 is 32.2 Å². The Hall–Kier alpha value is -2.02. The van der Waals surface area contributed by atoms with Crippen molar-refractivity contribution >= 4 is 11.9 Å². The van der Waals surface area contributed by atoms with Crippen molar-refractivity contribution in [1.29, 1.82) is 0 Å². The molecule has 0 aromatic carbocycles. The molecule has 5 atom stereocenters. The highest BCUT2D eigenvalue weighted by molar-refractivity contribution is 5.84. The van der Waals surface area contributed by atoms with Gasteiger partial charge in [-0.3, -0.25) is 4.79 Å². The third-order valence-corrected chi connectivity index (χ3v) is 7.86. The number of piperazine rings is 1. The summed E-state index contributed by atoms with van der Waals surface area (Å²) in [5, 5.41) is 3.70. The summed E-state index contributed by atoms with van der Waals surface area (Å²) in [6, 6.07) is 1.20. The molecule has 3 saturated heterocycles. The fourth-order valence-electron chi connectivity index (χ4n) is 5.99. The minimum Gasteiger partial charge on any atom is -0.379 e. The molecule has 4 fully saturated rings. The lowest BCUT2D eigenvalue weighted by molar-refractivity contribution is -0.144. The molecule has 0 radical (unpaired) electrons. The normalized spacial score (nSPS) is 33.7. The van der Waals surface area contributed by atoms with Crippen molar-refractivity contribution in [2.24, 2.45) is 5.41 Å². The summed E-state index contributed by atoms with van der Waals surface area (Å²) in [4.78, 5) is 25.0. The third kappa shape index (κ3) is 4.85. The van der Waals surface area contributed by atoms with Crippen LogP contribution in [0.5, 0.6) is 0 Å². The van der Waals surface area contributed by atoms with Gasteiger partial charge in [0.25, 0.3) is 0 Å². The second kappa shape index (κ2) is 9.79. The number of alkyl halides is 3. The smallest absolute Gasteiger partial charge is 0.379 e. The first-order valence-electron chi connectivity index (χ1n) is 12.2. The Balaban J connectivity index is 1.22. The molecule has 1 aromatic heterocycles. The van der Waals surface area contributed by atoms with Gasteiger partial charge in [-0.25, -0.2) is 9.97 Å². The van der Waals surface area contributed by atoms with Crippen LogP contribution in [0.2, 0.25) is 0 Å². The number of amides is 1. The maximum absolute atomic E-state index is 13.8. The summed E-state index contributed by atoms with van der Waals surface area (Å²) in [6.07, 6.45) is -0.499. The zero-order valence-electron chi connectivity index (χ0n) is 19.8. The molecule has 3 aliphatic heterocycles. The monoisotopic (exact) mass is 499 g/mol. The average Bonchev–Trinajstić information content (AvgIpc) is 3.41. The Morgan fingerprint density at radius 2 is 2.06 bits per heavy atom. The number of halogens is 3. The fourth-order valence-corrected chi connectivity index (χ4v) is 5.99. The van der Waals surface area contributed by atoms with E-state index in [4.69, 9.17) is 14.2 Å². The molecular weight excluding hydrogens is 467 g/mol. The fraction of sp³-hybridized carbons (Fsp3) is 0.783. The van der Waals surface area contributed by atoms with E-state index in [1.165, 1.54) is 0 Å². The van der Waals surface area contributed by atoms with Crippen LogP contribution in [-0.2, 0) is 25.2 Å². The number of ether oxygens (including phenoxy) is 3. The molecule has 1 amide bonds. The Morgan fingerprint density at radius 1 is 1.26 bits per heavy atom. The van der Waals surface area contributed by atoms with E-state index in [-0.39, 0.29) is 36.1 Å². The van der Waals surface area contributed by atoms with Crippen LogP contribution in [-0.4, -0.2) is 98.2 Å². The number of methoxy groups -OCH3 is 1. The van der Waals surface area contributed by atoms with Gasteiger partial charge in [-0.15, -0.1) is 0 Å². The first-order chi connectivity index (χ1) is 16.8. The molecule has 1 N–H and O–H groups in total. The van der Waals surface area contributed by atoms with Crippen LogP contribution in [0.1, 0.15) is 31.4 Å². The van der Waals surface area contributed by atoms with Gasteiger partial charge in [-0.1, -0.05) is 0 Å². The van der Waals surface area contributed by atoms with E-state index in [1.54, 1.807) is 12.0 Å². The second-order valence-electron chi connectivity index (χ2n) is 9.83. The van der Waals surface area contributed by atoms with Crippen LogP contribution in [0.15, 0.2) is 12.3 Å². The van der Waals surface area contributed by atoms with Gasteiger partial charge in [0.1, 0.15) is 5.69 Å². The second-order valence-corrected chi connectivity index (χ2v) is 9.83. The predicted octanol–water partition coefficient (Wildman–Crippen LogP) is 1.48. The SMILES string of the molecule is CO[C@@H]1COCC[C@@H]1N[C@@H]1C[C@H]2OCC[C@@]2(C(=O)N2CCN(c3nccc(C(F)(F)F)n3)CC2)C1. The molecule has 194 valence electrons. The number of rotatable bonds is 5. The molecule has 4 aliphatic rings. The Labute approximate surface area is 202 Å². The number of aromatic nitrogens is 2. The molecule has 5 rings (SSSR count). The average molecular weight is 500 g/mol. The molecule has 1 aromatic rings. The molecule has 35 heavy (non-hydrogen) atoms. The van der Waals surface area contributed by atoms with Crippen molar-refractivity contribution in [3.05, 3.63) is 18.0 Å². The first kappa shape index (κ1) is 24.7. The van der Waals surface area contributed by atoms with E-state index < -0.39 is 17.3 Å². The van der Waals surface area contributed by atoms with E-state index in [0.717, 1.165) is 25.1 Å². The minimum absolute atomic E-state index is 0.0112. The van der Waals surface area contributed by atoms with Gasteiger partial charge in [-0.2, -0.15) is 13.2 Å². The quantitative estimate of drug-likeness (QED) is 0.652. The van der Waals surface area contributed by atoms with Crippen molar-refractivity contribution in [2.45, 2.75) is 56.2 Å². The molecule has 12 heteroatoms. The highest BCUT2D eigenvalue weighted by atomic mass is 19.4. The summed E-state index contributed by atoms with van der Waals surface area (Å²) in [6.45, 7) is 3.41. The standard InChI is InChI=1S/C23H32F3N5O4/c1-33-17-14-34-10-3-16(17)28-15-12-19-22(13-15,4-11-35-19)20(32)30-6-8-31(9-7-30)21-27-5-2-18(29-21)23(24,25)26/h2,5,15-17,19,28H,3-4,6-14H2,1H3/t15-,16+,17-,19-,22-/m1/s1. The molecular formula is C23H32F3N5O4. The van der Waals surface area contributed by atoms with Gasteiger partial charge < -0.3 is 29.3 Å². The Morgan fingerprint density at radius 3 is 2.80 bits per heavy atom. The van der Waals surface area contributed by atoms with E-state index >= 15 is 0 Å². The lowest BCUT2D eigenvalue weighted by Gasteiger charge is -2.39. The number of fused-ring (bicyclic) bond motifs is 1. The lowest BCUT2D eigenvalue weighted by atomic mass is 9.80. The number of anilines is 1. The van der Waals surface area contributed by atoms with Gasteiger partial charge in [-0.05, 0) is 31.7 Å². The lowest BCUT2D eigenvalue weighted by Crippen LogP contribution is -2.55. The first-order valence-corrected chi connectivity index (χ1v) is 12.2. The number of hydrogen-bond acceptors (Lipinski definition) is 8. The summed E-state index contributed by atoms with van der Waals surface area (Å²) >= 11 is 0. The molecule has 4 heterocycles. The van der Waals surface area contributed by atoms with Crippen molar-refractivity contribution in [3.63, 3.8) is 0 Å². The number of carbonyl (C=O) groups is 1. The van der Waals surface area contributed by atoms with Gasteiger partial charge >= 0.3 is 6.18 Å². The topological polar surface area (TPSA) is 89.0 Å². The van der Waals surface area contributed by atoms with Crippen LogP contribution in [0, 0.1) is 5.41 Å². The zero-order chi connectivity index (χ0) is 24.6. The number of hydrogen-bond donors (Lipinski definition) is 1. The molecule has 0 bridgehead atoms. The van der Waals surface area contributed by atoms with Crippen LogP contribution in [0.4, 0.5) is 19.1 Å². The minimum atomic E-state index is -4.52. The van der Waals surface area contributed by atoms with E-state index in [9.17, 15) is 18.0 Å². The molecule has 9 nitrogen and oxygen atoms in total. The van der Waals surface area contributed by atoms with Crippen LogP contribution in [0.3, 0.4) is 0 Å². The van der Waals surface area contributed by atoms with Crippen LogP contribution >= 0.6 is 0 Å². The highest BCUT2D eigenvalue weighted by Crippen LogP contribution is 2.49. The predicted molar refractivity (Wildman–Crippen MR) is 119 cm³/mol. The van der Waals surface area contributed by atoms with Crippen LogP contribution in [0.25, 0.3) is 0 Å². The van der Waals surface area contributed by atoms with E-state index in [1.807, 2.05) is 4.90 Å². The third-order valence-electron chi connectivity index (χ3n) is 7.86. The number of carbonyl (C=O) groups excluding carboxylic acids is 1. The van der Waals surface area contributed by atoms with Gasteiger partial charge in [0.05, 0.1) is 24.2 Å². The van der Waals surface area contributed by atoms with E-state index in [0.29, 0.717) is 58.8 Å². The molecule has 0 spiro atoms. The van der Waals surface area contributed by atoms with Gasteiger partial charge in [0.15, 0.2) is 0 Å². The molecule has 1 aliphatic carbocycles. The highest BCUT2D eigenvalue weighted by Gasteiger charge is 2.58. The van der Waals surface area contributed by atoms with Crippen molar-refractivity contribution in [3.8, 4) is 0 Å². The number of nitrogens with zero attached hydrogens (tertiary/aromatic N) is 4. The summed E-state index contributed by atoms with van der Waals surface area (Å²) < 4.78 is 56.2. The zero-order valence-corrected chi connectivity index (χ0v) is 19.8. The van der Waals surface area contributed by atoms with Crippen molar-refractivity contribution in [2.75, 3.05) is 58.0 Å². The maximum Gasteiger partial charge on any atom is 0.433 e. The summed E-state index contributed by atoms with van der Waals surface area (Å²) in [5.41, 5.74) is -1.52. The Kier molecular flexibility index (Phi) is 6.90. The largest absolute Gasteiger partial charge is 0.433 e.